The van der Waals surface area contributed by atoms with E-state index in [1.54, 1.807) is 18.5 Å². The average molecular weight is 645 g/mol. The van der Waals surface area contributed by atoms with Gasteiger partial charge in [-0.2, -0.15) is 0 Å². The van der Waals surface area contributed by atoms with Crippen molar-refractivity contribution in [3.8, 4) is 22.6 Å². The van der Waals surface area contributed by atoms with Gasteiger partial charge in [0, 0.05) is 67.8 Å². The number of rotatable bonds is 10. The van der Waals surface area contributed by atoms with Crippen molar-refractivity contribution in [2.45, 2.75) is 52.3 Å². The summed E-state index contributed by atoms with van der Waals surface area (Å²) in [7, 11) is 0. The fraction of sp³-hybridized carbons (Fsp3) is 0.270. The van der Waals surface area contributed by atoms with Gasteiger partial charge in [-0.05, 0) is 84.8 Å². The minimum Gasteiger partial charge on any atom is -0.481 e. The van der Waals surface area contributed by atoms with Gasteiger partial charge in [-0.3, -0.25) is 19.5 Å². The zero-order valence-corrected chi connectivity index (χ0v) is 26.8. The van der Waals surface area contributed by atoms with Crippen LogP contribution in [0.1, 0.15) is 36.0 Å². The van der Waals surface area contributed by atoms with Crippen molar-refractivity contribution in [3.05, 3.63) is 100 Å². The number of fused-ring (bicyclic) bond motifs is 2. The number of hydrogen-bond acceptors (Lipinski definition) is 9. The van der Waals surface area contributed by atoms with Crippen LogP contribution >= 0.6 is 0 Å². The number of β-amino-alcohol motifs (C(OH)–C–C–N with tert-alkyl or cyclic N) is 1. The zero-order valence-electron chi connectivity index (χ0n) is 26.8. The van der Waals surface area contributed by atoms with Gasteiger partial charge in [0.15, 0.2) is 16.9 Å². The van der Waals surface area contributed by atoms with Crippen LogP contribution in [0.15, 0.2) is 82.4 Å². The number of carboxylic acid groups (broad SMARTS) is 1. The Morgan fingerprint density at radius 2 is 1.81 bits per heavy atom. The van der Waals surface area contributed by atoms with Gasteiger partial charge in [-0.1, -0.05) is 24.3 Å². The van der Waals surface area contributed by atoms with Gasteiger partial charge < -0.3 is 24.5 Å². The van der Waals surface area contributed by atoms with Crippen LogP contribution in [0.25, 0.3) is 44.6 Å². The third-order valence-corrected chi connectivity index (χ3v) is 9.06. The summed E-state index contributed by atoms with van der Waals surface area (Å²) in [6.07, 6.45) is 6.17. The van der Waals surface area contributed by atoms with Crippen molar-refractivity contribution in [1.82, 2.24) is 24.4 Å². The van der Waals surface area contributed by atoms with E-state index >= 15 is 0 Å². The van der Waals surface area contributed by atoms with Gasteiger partial charge in [0.2, 0.25) is 5.89 Å². The first-order chi connectivity index (χ1) is 23.2. The minimum atomic E-state index is -0.896. The van der Waals surface area contributed by atoms with Crippen molar-refractivity contribution in [2.75, 3.05) is 18.4 Å². The Bertz CT molecular complexity index is 2220. The number of carboxylic acids is 1. The van der Waals surface area contributed by atoms with Crippen LogP contribution < -0.4 is 10.9 Å². The molecule has 7 rings (SSSR count). The molecule has 6 aromatic rings. The normalized spacial score (nSPS) is 15.0. The van der Waals surface area contributed by atoms with E-state index in [1.165, 1.54) is 4.57 Å². The lowest BCUT2D eigenvalue weighted by atomic mass is 9.93. The Morgan fingerprint density at radius 1 is 1.02 bits per heavy atom. The van der Waals surface area contributed by atoms with E-state index < -0.39 is 5.97 Å². The first kappa shape index (κ1) is 31.2. The number of aryl methyl sites for hydroxylation is 1. The highest BCUT2D eigenvalue weighted by molar-refractivity contribution is 5.91. The van der Waals surface area contributed by atoms with Gasteiger partial charge >= 0.3 is 5.97 Å². The molecular weight excluding hydrogens is 608 g/mol. The summed E-state index contributed by atoms with van der Waals surface area (Å²) in [6, 6.07) is 17.8. The molecule has 48 heavy (non-hydrogen) atoms. The third-order valence-electron chi connectivity index (χ3n) is 9.06. The Kier molecular flexibility index (Phi) is 8.47. The summed E-state index contributed by atoms with van der Waals surface area (Å²) in [6.45, 7) is 6.69. The van der Waals surface area contributed by atoms with Gasteiger partial charge in [0.1, 0.15) is 5.52 Å². The monoisotopic (exact) mass is 644 g/mol. The fourth-order valence-corrected chi connectivity index (χ4v) is 6.50. The molecule has 0 amide bonds. The second-order valence-electron chi connectivity index (χ2n) is 12.4. The number of oxazole rings is 1. The number of aliphatic carboxylic acids is 1. The first-order valence-corrected chi connectivity index (χ1v) is 16.1. The van der Waals surface area contributed by atoms with E-state index in [1.807, 2.05) is 43.5 Å². The quantitative estimate of drug-likeness (QED) is 0.161. The smallest absolute Gasteiger partial charge is 0.303 e. The number of aliphatic hydroxyl groups is 1. The standard InChI is InChI=1S/C37H36N6O5/c1-22-27(6-3-8-29(22)36-41-34-31(48-36)13-17-43(37(34)47)15-5-10-32(45)46)28-7-4-9-30(23(28)2)40-35-33-25(11-14-38-35)18-24(19-39-33)20-42-16-12-26(44)21-42/h3-4,6-9,11,13-14,17-19,26,44H,5,10,12,15-16,20-21H2,1-2H3,(H,38,40)(H,45,46)/t26-/m1/s1. The number of carbonyl (C=O) groups is 1. The molecule has 1 saturated heterocycles. The van der Waals surface area contributed by atoms with Crippen LogP contribution in [-0.2, 0) is 17.9 Å². The summed E-state index contributed by atoms with van der Waals surface area (Å²) in [5.74, 6) is 0.122. The number of aliphatic hydroxyl groups excluding tert-OH is 1. The summed E-state index contributed by atoms with van der Waals surface area (Å²) in [5.41, 5.74) is 7.86. The summed E-state index contributed by atoms with van der Waals surface area (Å²) in [5, 5.41) is 23.4. The van der Waals surface area contributed by atoms with E-state index in [9.17, 15) is 14.7 Å². The highest BCUT2D eigenvalue weighted by Crippen LogP contribution is 2.37. The fourth-order valence-electron chi connectivity index (χ4n) is 6.50. The molecule has 1 aliphatic rings. The second kappa shape index (κ2) is 13.0. The molecule has 1 atom stereocenters. The molecule has 4 aromatic heterocycles. The third kappa shape index (κ3) is 6.17. The lowest BCUT2D eigenvalue weighted by Gasteiger charge is -2.17. The zero-order chi connectivity index (χ0) is 33.4. The molecular formula is C37H36N6O5. The predicted molar refractivity (Wildman–Crippen MR) is 184 cm³/mol. The molecule has 0 radical (unpaired) electrons. The molecule has 244 valence electrons. The Labute approximate surface area is 276 Å². The number of benzene rings is 2. The lowest BCUT2D eigenvalue weighted by Crippen LogP contribution is -2.21. The molecule has 0 aliphatic carbocycles. The summed E-state index contributed by atoms with van der Waals surface area (Å²) < 4.78 is 7.54. The van der Waals surface area contributed by atoms with Gasteiger partial charge in [-0.15, -0.1) is 0 Å². The minimum absolute atomic E-state index is 0.0150. The number of hydrogen-bond donors (Lipinski definition) is 3. The molecule has 0 spiro atoms. The lowest BCUT2D eigenvalue weighted by molar-refractivity contribution is -0.137. The molecule has 0 saturated carbocycles. The molecule has 0 bridgehead atoms. The maximum Gasteiger partial charge on any atom is 0.303 e. The van der Waals surface area contributed by atoms with E-state index in [0.29, 0.717) is 30.3 Å². The van der Waals surface area contributed by atoms with Crippen molar-refractivity contribution < 1.29 is 19.4 Å². The Morgan fingerprint density at radius 3 is 2.60 bits per heavy atom. The maximum atomic E-state index is 13.1. The predicted octanol–water partition coefficient (Wildman–Crippen LogP) is 6.06. The van der Waals surface area contributed by atoms with Crippen LogP contribution in [0.2, 0.25) is 0 Å². The average Bonchev–Trinajstić information content (AvgIpc) is 3.69. The molecule has 11 heteroatoms. The van der Waals surface area contributed by atoms with Crippen molar-refractivity contribution in [1.29, 1.82) is 0 Å². The molecule has 5 heterocycles. The SMILES string of the molecule is Cc1c(Nc2nccc3cc(CN4CC[C@@H](O)C4)cnc23)cccc1-c1cccc(-c2nc3c(=O)n(CCCC(=O)O)ccc3o2)c1C. The van der Waals surface area contributed by atoms with Crippen molar-refractivity contribution in [2.24, 2.45) is 0 Å². The van der Waals surface area contributed by atoms with E-state index in [-0.39, 0.29) is 30.1 Å². The highest BCUT2D eigenvalue weighted by atomic mass is 16.4. The van der Waals surface area contributed by atoms with E-state index in [4.69, 9.17) is 14.5 Å². The summed E-state index contributed by atoms with van der Waals surface area (Å²) in [4.78, 5) is 40.2. The number of nitrogens with zero attached hydrogens (tertiary/aromatic N) is 5. The van der Waals surface area contributed by atoms with E-state index in [0.717, 1.165) is 69.5 Å². The molecule has 1 fully saturated rings. The topological polar surface area (TPSA) is 147 Å². The van der Waals surface area contributed by atoms with Gasteiger partial charge in [-0.25, -0.2) is 9.97 Å². The van der Waals surface area contributed by atoms with Crippen LogP contribution in [0.4, 0.5) is 11.5 Å². The second-order valence-corrected chi connectivity index (χ2v) is 12.4. The largest absolute Gasteiger partial charge is 0.481 e. The van der Waals surface area contributed by atoms with Crippen LogP contribution in [0.3, 0.4) is 0 Å². The highest BCUT2D eigenvalue weighted by Gasteiger charge is 2.21. The first-order valence-electron chi connectivity index (χ1n) is 16.1. The van der Waals surface area contributed by atoms with Crippen molar-refractivity contribution >= 4 is 39.5 Å². The number of aromatic nitrogens is 4. The van der Waals surface area contributed by atoms with Crippen LogP contribution in [-0.4, -0.2) is 59.8 Å². The van der Waals surface area contributed by atoms with E-state index in [2.05, 4.69) is 45.3 Å². The maximum absolute atomic E-state index is 13.1. The summed E-state index contributed by atoms with van der Waals surface area (Å²) >= 11 is 0. The molecule has 11 nitrogen and oxygen atoms in total. The number of likely N-dealkylation sites (tertiary alicyclic amines) is 1. The molecule has 0 unspecified atom stereocenters. The number of nitrogens with one attached hydrogen (secondary N) is 1. The van der Waals surface area contributed by atoms with Gasteiger partial charge in [0.25, 0.3) is 5.56 Å². The van der Waals surface area contributed by atoms with Gasteiger partial charge in [0.05, 0.1) is 6.10 Å². The molecule has 1 aliphatic heterocycles. The van der Waals surface area contributed by atoms with Crippen LogP contribution in [0, 0.1) is 13.8 Å². The van der Waals surface area contributed by atoms with Crippen LogP contribution in [0.5, 0.6) is 0 Å². The number of anilines is 2. The molecule has 2 aromatic carbocycles. The Hall–Kier alpha value is -5.39. The Balaban J connectivity index is 1.17. The van der Waals surface area contributed by atoms with Crippen molar-refractivity contribution in [3.63, 3.8) is 0 Å². The molecule has 3 N–H and O–H groups in total. The number of pyridine rings is 3.